The molecule has 0 atom stereocenters. The Balaban J connectivity index is 1.84. The minimum atomic E-state index is -3.69. The number of fused-ring (bicyclic) bond motifs is 1. The van der Waals surface area contributed by atoms with Crippen LogP contribution in [0.2, 0.25) is 0 Å². The monoisotopic (exact) mass is 687 g/mol. The van der Waals surface area contributed by atoms with Crippen LogP contribution in [0.25, 0.3) is 16.7 Å². The molecule has 0 bridgehead atoms. The van der Waals surface area contributed by atoms with Crippen molar-refractivity contribution in [1.82, 2.24) is 13.9 Å². The van der Waals surface area contributed by atoms with E-state index in [1.807, 2.05) is 34.9 Å². The van der Waals surface area contributed by atoms with Gasteiger partial charge in [0, 0.05) is 28.8 Å². The topological polar surface area (TPSA) is 73.7 Å². The molecule has 0 N–H and O–H groups in total. The average Bonchev–Trinajstić information content (AvgIpc) is 3.30. The molecule has 7 nitrogen and oxygen atoms in total. The Labute approximate surface area is 244 Å². The van der Waals surface area contributed by atoms with Crippen molar-refractivity contribution in [2.45, 2.75) is 40.7 Å². The summed E-state index contributed by atoms with van der Waals surface area (Å²) in [7, 11) is -2.12. The molecule has 0 radical (unpaired) electrons. The van der Waals surface area contributed by atoms with E-state index in [9.17, 15) is 17.2 Å². The van der Waals surface area contributed by atoms with E-state index in [-0.39, 0.29) is 10.6 Å². The summed E-state index contributed by atoms with van der Waals surface area (Å²) in [6.45, 7) is 1.36. The molecule has 0 fully saturated rings. The maximum absolute atomic E-state index is 13.2. The van der Waals surface area contributed by atoms with Gasteiger partial charge in [-0.1, -0.05) is 72.5 Å². The van der Waals surface area contributed by atoms with Gasteiger partial charge in [-0.2, -0.15) is 13.1 Å². The van der Waals surface area contributed by atoms with Crippen LogP contribution in [-0.4, -0.2) is 49.1 Å². The third kappa shape index (κ3) is 6.34. The third-order valence-corrected chi connectivity index (χ3v) is 10.0. The normalized spacial score (nSPS) is 12.0. The zero-order valence-corrected chi connectivity index (χ0v) is 25.4. The van der Waals surface area contributed by atoms with Crippen molar-refractivity contribution in [2.24, 2.45) is 0 Å². The summed E-state index contributed by atoms with van der Waals surface area (Å²) in [6, 6.07) is 17.5. The average molecular weight is 688 g/mol. The maximum atomic E-state index is 13.2. The van der Waals surface area contributed by atoms with E-state index >= 15 is 0 Å². The zero-order chi connectivity index (χ0) is 28.2. The Kier molecular flexibility index (Phi) is 9.73. The van der Waals surface area contributed by atoms with Crippen LogP contribution < -0.4 is 9.47 Å². The zero-order valence-electron chi connectivity index (χ0n) is 21.6. The Morgan fingerprint density at radius 2 is 1.79 bits per heavy atom. The first kappa shape index (κ1) is 29.6. The van der Waals surface area contributed by atoms with Crippen molar-refractivity contribution in [3.05, 3.63) is 71.8 Å². The van der Waals surface area contributed by atoms with Gasteiger partial charge in [0.25, 0.3) is 0 Å². The first-order valence-electron chi connectivity index (χ1n) is 12.1. The molecule has 3 aromatic carbocycles. The smallest absolute Gasteiger partial charge is 0.387 e. The molecular formula is C27H28F2IN3O4S2. The number of nitrogens with zero attached hydrogens (tertiary/aromatic N) is 3. The van der Waals surface area contributed by atoms with Gasteiger partial charge in [-0.05, 0) is 42.0 Å². The molecule has 1 heterocycles. The molecule has 1 aromatic heterocycles. The number of thioether (sulfide) groups is 1. The highest BCUT2D eigenvalue weighted by Crippen LogP contribution is 2.36. The molecule has 0 aliphatic carbocycles. The van der Waals surface area contributed by atoms with Crippen LogP contribution >= 0.6 is 34.4 Å². The standard InChI is InChI=1S/C27H28F2IN3O4S2/c1-4-32(5-2)39(34,35)20-11-12-22-21(15-20)31-27(33(22)23-8-6-7-9-25(23)36-3)38-17-19-14-18(16-30)10-13-24(19)37-26(28)29/h6-15,26H,4-5,16-17H2,1-3H3. The molecule has 0 saturated heterocycles. The van der Waals surface area contributed by atoms with Crippen molar-refractivity contribution in [3.63, 3.8) is 0 Å². The van der Waals surface area contributed by atoms with Crippen molar-refractivity contribution in [2.75, 3.05) is 20.2 Å². The lowest BCUT2D eigenvalue weighted by Crippen LogP contribution is -2.30. The van der Waals surface area contributed by atoms with Gasteiger partial charge in [-0.15, -0.1) is 0 Å². The fraction of sp³-hybridized carbons (Fsp3) is 0.296. The highest BCUT2D eigenvalue weighted by molar-refractivity contribution is 14.1. The summed E-state index contributed by atoms with van der Waals surface area (Å²) in [4.78, 5) is 4.95. The predicted octanol–water partition coefficient (Wildman–Crippen LogP) is 6.89. The van der Waals surface area contributed by atoms with Crippen LogP contribution in [0.4, 0.5) is 8.78 Å². The SMILES string of the molecule is CCN(CC)S(=O)(=O)c1ccc2c(c1)nc(SCc1cc(CI)ccc1OC(F)F)n2-c1ccccc1OC. The Hall–Kier alpha value is -2.42. The number of alkyl halides is 3. The Bertz CT molecular complexity index is 1560. The van der Waals surface area contributed by atoms with Gasteiger partial charge in [-0.3, -0.25) is 4.57 Å². The number of para-hydroxylation sites is 2. The van der Waals surface area contributed by atoms with Gasteiger partial charge in [0.1, 0.15) is 11.5 Å². The molecular weight excluding hydrogens is 659 g/mol. The third-order valence-electron chi connectivity index (χ3n) is 6.12. The van der Waals surface area contributed by atoms with Crippen molar-refractivity contribution in [1.29, 1.82) is 0 Å². The number of benzene rings is 3. The summed E-state index contributed by atoms with van der Waals surface area (Å²) < 4.78 is 66.9. The summed E-state index contributed by atoms with van der Waals surface area (Å²) in [5, 5.41) is 0.551. The predicted molar refractivity (Wildman–Crippen MR) is 158 cm³/mol. The van der Waals surface area contributed by atoms with Crippen LogP contribution in [0.3, 0.4) is 0 Å². The molecule has 12 heteroatoms. The number of rotatable bonds is 12. The second-order valence-corrected chi connectivity index (χ2v) is 12.0. The van der Waals surface area contributed by atoms with Crippen LogP contribution in [0.15, 0.2) is 70.7 Å². The summed E-state index contributed by atoms with van der Waals surface area (Å²) >= 11 is 3.56. The van der Waals surface area contributed by atoms with Gasteiger partial charge in [-0.25, -0.2) is 13.4 Å². The molecule has 39 heavy (non-hydrogen) atoms. The number of hydrogen-bond acceptors (Lipinski definition) is 6. The van der Waals surface area contributed by atoms with Crippen molar-refractivity contribution < 1.29 is 26.7 Å². The summed E-state index contributed by atoms with van der Waals surface area (Å²) in [6.07, 6.45) is 0. The molecule has 4 rings (SSSR count). The molecule has 208 valence electrons. The fourth-order valence-electron chi connectivity index (χ4n) is 4.24. The van der Waals surface area contributed by atoms with Crippen molar-refractivity contribution >= 4 is 55.4 Å². The number of hydrogen-bond donors (Lipinski definition) is 0. The molecule has 0 unspecified atom stereocenters. The summed E-state index contributed by atoms with van der Waals surface area (Å²) in [5.41, 5.74) is 3.48. The van der Waals surface area contributed by atoms with Gasteiger partial charge in [0.05, 0.1) is 28.7 Å². The van der Waals surface area contributed by atoms with E-state index in [0.29, 0.717) is 50.8 Å². The van der Waals surface area contributed by atoms with Gasteiger partial charge in [0.2, 0.25) is 10.0 Å². The van der Waals surface area contributed by atoms with E-state index in [1.54, 1.807) is 51.3 Å². The number of methoxy groups -OCH3 is 1. The lowest BCUT2D eigenvalue weighted by atomic mass is 10.1. The minimum Gasteiger partial charge on any atom is -0.495 e. The number of aromatic nitrogens is 2. The number of ether oxygens (including phenoxy) is 2. The molecule has 0 aliphatic rings. The van der Waals surface area contributed by atoms with Gasteiger partial charge < -0.3 is 9.47 Å². The fourth-order valence-corrected chi connectivity index (χ4v) is 7.19. The second kappa shape index (κ2) is 12.8. The highest BCUT2D eigenvalue weighted by atomic mass is 127. The van der Waals surface area contributed by atoms with E-state index < -0.39 is 16.6 Å². The van der Waals surface area contributed by atoms with E-state index in [2.05, 4.69) is 22.6 Å². The highest BCUT2D eigenvalue weighted by Gasteiger charge is 2.24. The van der Waals surface area contributed by atoms with Crippen LogP contribution in [-0.2, 0) is 20.2 Å². The molecule has 0 amide bonds. The van der Waals surface area contributed by atoms with Gasteiger partial charge in [0.15, 0.2) is 5.16 Å². The second-order valence-electron chi connectivity index (χ2n) is 8.38. The van der Waals surface area contributed by atoms with Crippen LogP contribution in [0, 0.1) is 0 Å². The van der Waals surface area contributed by atoms with E-state index in [1.165, 1.54) is 16.1 Å². The number of halogens is 3. The van der Waals surface area contributed by atoms with E-state index in [4.69, 9.17) is 14.5 Å². The number of imidazole rings is 1. The number of sulfonamides is 1. The van der Waals surface area contributed by atoms with Crippen molar-refractivity contribution in [3.8, 4) is 17.2 Å². The maximum Gasteiger partial charge on any atom is 0.387 e. The molecule has 0 spiro atoms. The quantitative estimate of drug-likeness (QED) is 0.0918. The largest absolute Gasteiger partial charge is 0.495 e. The lowest BCUT2D eigenvalue weighted by molar-refractivity contribution is -0.0503. The minimum absolute atomic E-state index is 0.110. The van der Waals surface area contributed by atoms with Crippen LogP contribution in [0.1, 0.15) is 25.0 Å². The Morgan fingerprint density at radius 1 is 1.05 bits per heavy atom. The summed E-state index contributed by atoms with van der Waals surface area (Å²) in [5.74, 6) is 1.01. The van der Waals surface area contributed by atoms with E-state index in [0.717, 1.165) is 11.3 Å². The molecule has 0 saturated carbocycles. The Morgan fingerprint density at radius 3 is 2.46 bits per heavy atom. The first-order valence-corrected chi connectivity index (χ1v) is 16.1. The van der Waals surface area contributed by atoms with Gasteiger partial charge >= 0.3 is 6.61 Å². The molecule has 4 aromatic rings. The first-order chi connectivity index (χ1) is 18.7. The molecule has 0 aliphatic heterocycles. The lowest BCUT2D eigenvalue weighted by Gasteiger charge is -2.18. The van der Waals surface area contributed by atoms with Crippen LogP contribution in [0.5, 0.6) is 11.5 Å².